The fraction of sp³-hybridized carbons (Fsp3) is 0.793. The van der Waals surface area contributed by atoms with Crippen molar-refractivity contribution >= 4 is 11.6 Å². The van der Waals surface area contributed by atoms with Crippen LogP contribution < -0.4 is 0 Å². The first-order chi connectivity index (χ1) is 17.2. The molecule has 35 heavy (non-hydrogen) atoms. The number of likely N-dealkylation sites (tertiary alicyclic amines) is 2. The van der Waals surface area contributed by atoms with Crippen molar-refractivity contribution in [3.05, 3.63) is 34.9 Å². The minimum absolute atomic E-state index is 0.363. The molecule has 0 aromatic heterocycles. The van der Waals surface area contributed by atoms with E-state index in [1.807, 2.05) is 7.11 Å². The summed E-state index contributed by atoms with van der Waals surface area (Å²) in [4.78, 5) is 10.8. The van der Waals surface area contributed by atoms with E-state index in [9.17, 15) is 0 Å². The third-order valence-corrected chi connectivity index (χ3v) is 9.03. The third kappa shape index (κ3) is 7.90. The lowest BCUT2D eigenvalue weighted by atomic mass is 9.98. The van der Waals surface area contributed by atoms with Crippen LogP contribution in [-0.2, 0) is 4.74 Å². The fourth-order valence-electron chi connectivity index (χ4n) is 6.41. The highest BCUT2D eigenvalue weighted by Crippen LogP contribution is 2.31. The summed E-state index contributed by atoms with van der Waals surface area (Å²) in [6.07, 6.45) is 10.9. The Balaban J connectivity index is 1.34. The highest BCUT2D eigenvalue weighted by molar-refractivity contribution is 6.31. The van der Waals surface area contributed by atoms with Crippen molar-refractivity contribution in [1.82, 2.24) is 19.6 Å². The zero-order chi connectivity index (χ0) is 24.5. The molecule has 3 aliphatic heterocycles. The first-order valence-corrected chi connectivity index (χ1v) is 14.8. The van der Waals surface area contributed by atoms with Crippen LogP contribution in [0.1, 0.15) is 69.9 Å². The molecule has 4 rings (SSSR count). The van der Waals surface area contributed by atoms with E-state index in [2.05, 4.69) is 50.8 Å². The van der Waals surface area contributed by atoms with E-state index in [4.69, 9.17) is 16.3 Å². The van der Waals surface area contributed by atoms with Gasteiger partial charge in [0.15, 0.2) is 0 Å². The fourth-order valence-corrected chi connectivity index (χ4v) is 6.67. The van der Waals surface area contributed by atoms with E-state index >= 15 is 0 Å². The molecule has 0 bridgehead atoms. The zero-order valence-electron chi connectivity index (χ0n) is 22.3. The molecule has 6 heteroatoms. The van der Waals surface area contributed by atoms with Crippen molar-refractivity contribution < 1.29 is 4.74 Å². The van der Waals surface area contributed by atoms with Crippen LogP contribution in [0.2, 0.25) is 5.02 Å². The van der Waals surface area contributed by atoms with Crippen molar-refractivity contribution in [2.75, 3.05) is 72.6 Å². The minimum Gasteiger partial charge on any atom is -0.380 e. The Morgan fingerprint density at radius 2 is 1.57 bits per heavy atom. The number of hydrogen-bond donors (Lipinski definition) is 0. The largest absolute Gasteiger partial charge is 0.380 e. The van der Waals surface area contributed by atoms with Crippen LogP contribution in [0.3, 0.4) is 0 Å². The number of halogens is 1. The number of piperazine rings is 1. The summed E-state index contributed by atoms with van der Waals surface area (Å²) in [6, 6.07) is 9.72. The van der Waals surface area contributed by atoms with Crippen molar-refractivity contribution in [3.8, 4) is 0 Å². The van der Waals surface area contributed by atoms with Crippen molar-refractivity contribution in [2.24, 2.45) is 0 Å². The van der Waals surface area contributed by atoms with E-state index in [0.717, 1.165) is 50.3 Å². The summed E-state index contributed by atoms with van der Waals surface area (Å²) in [5.74, 6) is 0. The maximum Gasteiger partial charge on any atom is 0.0698 e. The monoisotopic (exact) mass is 504 g/mol. The molecule has 0 aliphatic carbocycles. The Hall–Kier alpha value is -0.690. The molecule has 3 heterocycles. The number of rotatable bonds is 11. The van der Waals surface area contributed by atoms with Crippen molar-refractivity contribution in [2.45, 2.75) is 76.5 Å². The number of piperidine rings is 2. The van der Waals surface area contributed by atoms with Crippen LogP contribution in [0.4, 0.5) is 0 Å². The van der Waals surface area contributed by atoms with Gasteiger partial charge in [0.2, 0.25) is 0 Å². The maximum atomic E-state index is 6.77. The van der Waals surface area contributed by atoms with Gasteiger partial charge in [-0.3, -0.25) is 9.80 Å². The summed E-state index contributed by atoms with van der Waals surface area (Å²) in [7, 11) is 1.87. The molecule has 198 valence electrons. The van der Waals surface area contributed by atoms with Crippen LogP contribution >= 0.6 is 11.6 Å². The molecular weight excluding hydrogens is 456 g/mol. The molecule has 5 nitrogen and oxygen atoms in total. The van der Waals surface area contributed by atoms with E-state index in [-0.39, 0.29) is 0 Å². The second-order valence-corrected chi connectivity index (χ2v) is 11.4. The third-order valence-electron chi connectivity index (χ3n) is 8.68. The lowest BCUT2D eigenvalue weighted by molar-refractivity contribution is 0.0196. The Bertz CT molecular complexity index is 727. The predicted molar refractivity (Wildman–Crippen MR) is 147 cm³/mol. The number of benzene rings is 1. The molecule has 0 radical (unpaired) electrons. The first-order valence-electron chi connectivity index (χ1n) is 14.4. The summed E-state index contributed by atoms with van der Waals surface area (Å²) in [6.45, 7) is 13.9. The highest BCUT2D eigenvalue weighted by atomic mass is 35.5. The van der Waals surface area contributed by atoms with Crippen LogP contribution in [-0.4, -0.2) is 104 Å². The van der Waals surface area contributed by atoms with Gasteiger partial charge in [0, 0.05) is 63.5 Å². The van der Waals surface area contributed by atoms with Gasteiger partial charge < -0.3 is 14.5 Å². The van der Waals surface area contributed by atoms with E-state index in [0.29, 0.717) is 12.1 Å². The minimum atomic E-state index is 0.363. The van der Waals surface area contributed by atoms with E-state index < -0.39 is 0 Å². The topological polar surface area (TPSA) is 22.2 Å². The quantitative estimate of drug-likeness (QED) is 0.414. The molecule has 0 amide bonds. The summed E-state index contributed by atoms with van der Waals surface area (Å²) >= 11 is 6.77. The molecule has 0 spiro atoms. The number of nitrogens with zero attached hydrogens (tertiary/aromatic N) is 4. The molecule has 0 saturated carbocycles. The molecule has 3 aliphatic rings. The van der Waals surface area contributed by atoms with Crippen LogP contribution in [0.25, 0.3) is 0 Å². The lowest BCUT2D eigenvalue weighted by Gasteiger charge is -2.44. The van der Waals surface area contributed by atoms with Gasteiger partial charge in [0.05, 0.1) is 6.10 Å². The van der Waals surface area contributed by atoms with Gasteiger partial charge in [0.1, 0.15) is 0 Å². The summed E-state index contributed by atoms with van der Waals surface area (Å²) in [5.41, 5.74) is 1.30. The SMILES string of the molecule is CCCCC(CN1CCN(C(CN2CCC(N3CCCCC3)CC2)c2ccccc2Cl)CC1)OC. The molecule has 0 N–H and O–H groups in total. The van der Waals surface area contributed by atoms with Gasteiger partial charge >= 0.3 is 0 Å². The molecule has 1 aromatic rings. The average Bonchev–Trinajstić information content (AvgIpc) is 2.91. The van der Waals surface area contributed by atoms with Crippen molar-refractivity contribution in [1.29, 1.82) is 0 Å². The molecular formula is C29H49ClN4O. The molecule has 3 fully saturated rings. The second kappa shape index (κ2) is 14.3. The van der Waals surface area contributed by atoms with Gasteiger partial charge in [-0.25, -0.2) is 0 Å². The van der Waals surface area contributed by atoms with Gasteiger partial charge in [-0.1, -0.05) is 56.0 Å². The van der Waals surface area contributed by atoms with Crippen molar-refractivity contribution in [3.63, 3.8) is 0 Å². The maximum absolute atomic E-state index is 6.77. The van der Waals surface area contributed by atoms with E-state index in [1.165, 1.54) is 83.1 Å². The predicted octanol–water partition coefficient (Wildman–Crippen LogP) is 5.15. The lowest BCUT2D eigenvalue weighted by Crippen LogP contribution is -2.52. The Kier molecular flexibility index (Phi) is 11.2. The summed E-state index contributed by atoms with van der Waals surface area (Å²) in [5, 5.41) is 0.919. The molecule has 1 aromatic carbocycles. The second-order valence-electron chi connectivity index (χ2n) is 11.0. The van der Waals surface area contributed by atoms with Gasteiger partial charge in [-0.15, -0.1) is 0 Å². The van der Waals surface area contributed by atoms with Gasteiger partial charge in [0.25, 0.3) is 0 Å². The molecule has 2 unspecified atom stereocenters. The normalized spacial score (nSPS) is 24.0. The summed E-state index contributed by atoms with van der Waals surface area (Å²) < 4.78 is 5.78. The number of unbranched alkanes of at least 4 members (excludes halogenated alkanes) is 1. The number of hydrogen-bond acceptors (Lipinski definition) is 5. The molecule has 3 saturated heterocycles. The van der Waals surface area contributed by atoms with E-state index in [1.54, 1.807) is 0 Å². The zero-order valence-corrected chi connectivity index (χ0v) is 23.1. The standard InChI is InChI=1S/C29H49ClN4O/c1-3-4-10-26(35-2)23-32-19-21-34(22-20-32)29(27-11-6-7-12-28(27)30)24-31-17-13-25(14-18-31)33-15-8-5-9-16-33/h6-7,11-12,25-26,29H,3-5,8-10,13-24H2,1-2H3. The van der Waals surface area contributed by atoms with Gasteiger partial charge in [-0.2, -0.15) is 0 Å². The Morgan fingerprint density at radius 1 is 0.886 bits per heavy atom. The molecule has 2 atom stereocenters. The van der Waals surface area contributed by atoms with Crippen LogP contribution in [0, 0.1) is 0 Å². The van der Waals surface area contributed by atoms with Gasteiger partial charge in [-0.05, 0) is 69.9 Å². The Morgan fingerprint density at radius 3 is 2.23 bits per heavy atom. The average molecular weight is 505 g/mol. The van der Waals surface area contributed by atoms with Crippen LogP contribution in [0.15, 0.2) is 24.3 Å². The smallest absolute Gasteiger partial charge is 0.0698 e. The number of methoxy groups -OCH3 is 1. The highest BCUT2D eigenvalue weighted by Gasteiger charge is 2.31. The van der Waals surface area contributed by atoms with Crippen LogP contribution in [0.5, 0.6) is 0 Å². The Labute approximate surface area is 219 Å². The number of ether oxygens (including phenoxy) is 1. The first kappa shape index (κ1) is 27.3.